The highest BCUT2D eigenvalue weighted by molar-refractivity contribution is 7.98. The highest BCUT2D eigenvalue weighted by atomic mass is 32.2. The number of benzene rings is 1. The monoisotopic (exact) mass is 320 g/mol. The molecule has 2 nitrogen and oxygen atoms in total. The quantitative estimate of drug-likeness (QED) is 0.829. The molecule has 6 heteroatoms. The van der Waals surface area contributed by atoms with E-state index in [1.807, 2.05) is 13.3 Å². The van der Waals surface area contributed by atoms with Crippen LogP contribution in [0.15, 0.2) is 24.3 Å². The number of thioether (sulfide) groups is 1. The van der Waals surface area contributed by atoms with Gasteiger partial charge in [-0.1, -0.05) is 19.1 Å². The van der Waals surface area contributed by atoms with Gasteiger partial charge in [0.25, 0.3) is 0 Å². The zero-order valence-electron chi connectivity index (χ0n) is 12.7. The van der Waals surface area contributed by atoms with Crippen molar-refractivity contribution in [2.75, 3.05) is 25.6 Å². The van der Waals surface area contributed by atoms with E-state index in [0.717, 1.165) is 18.2 Å². The first kappa shape index (κ1) is 18.3. The molecule has 0 bridgehead atoms. The lowest BCUT2D eigenvalue weighted by Crippen LogP contribution is -2.39. The molecule has 0 amide bonds. The van der Waals surface area contributed by atoms with Gasteiger partial charge in [0.1, 0.15) is 0 Å². The topological polar surface area (TPSA) is 29.3 Å². The third kappa shape index (κ3) is 4.90. The lowest BCUT2D eigenvalue weighted by Gasteiger charge is -2.34. The van der Waals surface area contributed by atoms with Gasteiger partial charge in [-0.25, -0.2) is 0 Å². The van der Waals surface area contributed by atoms with Crippen molar-refractivity contribution in [2.24, 2.45) is 5.73 Å². The Morgan fingerprint density at radius 2 is 2.00 bits per heavy atom. The molecule has 0 saturated carbocycles. The third-order valence-electron chi connectivity index (χ3n) is 3.72. The zero-order valence-corrected chi connectivity index (χ0v) is 13.5. The van der Waals surface area contributed by atoms with Gasteiger partial charge in [0.05, 0.1) is 5.56 Å². The van der Waals surface area contributed by atoms with Crippen molar-refractivity contribution in [1.82, 2.24) is 4.90 Å². The second-order valence-corrected chi connectivity index (χ2v) is 5.97. The molecule has 0 spiro atoms. The summed E-state index contributed by atoms with van der Waals surface area (Å²) in [6.45, 7) is 2.37. The fourth-order valence-corrected chi connectivity index (χ4v) is 3.29. The number of nitrogens with two attached hydrogens (primary N) is 1. The van der Waals surface area contributed by atoms with Crippen LogP contribution in [0.2, 0.25) is 0 Å². The molecule has 1 rings (SSSR count). The molecular weight excluding hydrogens is 297 g/mol. The molecule has 1 aromatic rings. The minimum absolute atomic E-state index is 0.204. The number of hydrogen-bond donors (Lipinski definition) is 1. The van der Waals surface area contributed by atoms with Crippen molar-refractivity contribution in [3.8, 4) is 0 Å². The Hall–Kier alpha value is -0.720. The Morgan fingerprint density at radius 3 is 2.48 bits per heavy atom. The van der Waals surface area contributed by atoms with Crippen LogP contribution in [0.1, 0.15) is 30.5 Å². The van der Waals surface area contributed by atoms with Gasteiger partial charge in [0.2, 0.25) is 0 Å². The molecule has 1 aromatic carbocycles. The lowest BCUT2D eigenvalue weighted by molar-refractivity contribution is -0.137. The van der Waals surface area contributed by atoms with Crippen LogP contribution >= 0.6 is 11.8 Å². The standard InChI is InChI=1S/C15H23F3N2S/c1-4-13(10-21-3)20(2)14(9-19)11-6-5-7-12(8-11)15(16,17)18/h5-8,13-14H,4,9-10,19H2,1-3H3. The van der Waals surface area contributed by atoms with Gasteiger partial charge in [-0.05, 0) is 37.4 Å². The summed E-state index contributed by atoms with van der Waals surface area (Å²) in [5, 5.41) is 0. The average Bonchev–Trinajstić information content (AvgIpc) is 2.44. The molecule has 2 N–H and O–H groups in total. The number of nitrogens with zero attached hydrogens (tertiary/aromatic N) is 1. The first-order valence-electron chi connectivity index (χ1n) is 6.93. The lowest BCUT2D eigenvalue weighted by atomic mass is 10.0. The average molecular weight is 320 g/mol. The van der Waals surface area contributed by atoms with Gasteiger partial charge in [0.15, 0.2) is 0 Å². The molecule has 2 atom stereocenters. The van der Waals surface area contributed by atoms with Gasteiger partial charge in [-0.2, -0.15) is 24.9 Å². The molecule has 0 aliphatic carbocycles. The van der Waals surface area contributed by atoms with Crippen LogP contribution in [0.3, 0.4) is 0 Å². The van der Waals surface area contributed by atoms with Crippen LogP contribution in [0.25, 0.3) is 0 Å². The van der Waals surface area contributed by atoms with Crippen molar-refractivity contribution < 1.29 is 13.2 Å². The Morgan fingerprint density at radius 1 is 1.33 bits per heavy atom. The molecule has 0 heterocycles. The number of hydrogen-bond acceptors (Lipinski definition) is 3. The van der Waals surface area contributed by atoms with Gasteiger partial charge < -0.3 is 5.73 Å². The molecule has 0 aromatic heterocycles. The van der Waals surface area contributed by atoms with Gasteiger partial charge in [-0.3, -0.25) is 4.90 Å². The van der Waals surface area contributed by atoms with Crippen molar-refractivity contribution in [3.63, 3.8) is 0 Å². The molecule has 21 heavy (non-hydrogen) atoms. The smallest absolute Gasteiger partial charge is 0.329 e. The van der Waals surface area contributed by atoms with Crippen LogP contribution in [0.5, 0.6) is 0 Å². The van der Waals surface area contributed by atoms with Crippen molar-refractivity contribution in [2.45, 2.75) is 31.6 Å². The van der Waals surface area contributed by atoms with E-state index >= 15 is 0 Å². The minimum Gasteiger partial charge on any atom is -0.329 e. The molecular formula is C15H23F3N2S. The molecule has 0 fully saturated rings. The van der Waals surface area contributed by atoms with Gasteiger partial charge in [0, 0.05) is 24.4 Å². The van der Waals surface area contributed by atoms with E-state index in [1.54, 1.807) is 17.8 Å². The second kappa shape index (κ2) is 8.06. The third-order valence-corrected chi connectivity index (χ3v) is 4.44. The van der Waals surface area contributed by atoms with Crippen molar-refractivity contribution in [3.05, 3.63) is 35.4 Å². The summed E-state index contributed by atoms with van der Waals surface area (Å²) in [5.74, 6) is 0.933. The SMILES string of the molecule is CCC(CSC)N(C)C(CN)c1cccc(C(F)(F)F)c1. The first-order chi connectivity index (χ1) is 9.85. The second-order valence-electron chi connectivity index (χ2n) is 5.06. The maximum Gasteiger partial charge on any atom is 0.416 e. The Balaban J connectivity index is 3.04. The zero-order chi connectivity index (χ0) is 16.0. The predicted octanol–water partition coefficient (Wildman–Crippen LogP) is 3.78. The summed E-state index contributed by atoms with van der Waals surface area (Å²) < 4.78 is 38.5. The van der Waals surface area contributed by atoms with Gasteiger partial charge in [-0.15, -0.1) is 0 Å². The van der Waals surface area contributed by atoms with Crippen molar-refractivity contribution in [1.29, 1.82) is 0 Å². The first-order valence-corrected chi connectivity index (χ1v) is 8.32. The summed E-state index contributed by atoms with van der Waals surface area (Å²) in [4.78, 5) is 2.09. The maximum absolute atomic E-state index is 12.8. The predicted molar refractivity (Wildman–Crippen MR) is 83.5 cm³/mol. The van der Waals surface area contributed by atoms with E-state index in [4.69, 9.17) is 5.73 Å². The largest absolute Gasteiger partial charge is 0.416 e. The summed E-state index contributed by atoms with van der Waals surface area (Å²) in [6.07, 6.45) is -1.36. The highest BCUT2D eigenvalue weighted by Crippen LogP contribution is 2.32. The molecule has 2 unspecified atom stereocenters. The Labute approximate surface area is 128 Å². The van der Waals surface area contributed by atoms with Crippen LogP contribution < -0.4 is 5.73 Å². The minimum atomic E-state index is -4.32. The Bertz CT molecular complexity index is 437. The number of alkyl halides is 3. The van der Waals surface area contributed by atoms with E-state index in [9.17, 15) is 13.2 Å². The molecule has 0 aliphatic rings. The molecule has 0 saturated heterocycles. The summed E-state index contributed by atoms with van der Waals surface area (Å²) in [7, 11) is 1.93. The molecule has 0 aliphatic heterocycles. The molecule has 120 valence electrons. The fourth-order valence-electron chi connectivity index (χ4n) is 2.43. The fraction of sp³-hybridized carbons (Fsp3) is 0.600. The number of likely N-dealkylation sites (N-methyl/N-ethyl adjacent to an activating group) is 1. The van der Waals surface area contributed by atoms with Crippen LogP contribution in [0.4, 0.5) is 13.2 Å². The van der Waals surface area contributed by atoms with E-state index in [-0.39, 0.29) is 6.04 Å². The summed E-state index contributed by atoms with van der Waals surface area (Å²) >= 11 is 1.73. The summed E-state index contributed by atoms with van der Waals surface area (Å²) in [5.41, 5.74) is 5.82. The van der Waals surface area contributed by atoms with Crippen molar-refractivity contribution >= 4 is 11.8 Å². The highest BCUT2D eigenvalue weighted by Gasteiger charge is 2.31. The summed E-state index contributed by atoms with van der Waals surface area (Å²) in [6, 6.07) is 5.56. The van der Waals surface area contributed by atoms with Crippen LogP contribution in [-0.2, 0) is 6.18 Å². The Kier molecular flexibility index (Phi) is 7.03. The van der Waals surface area contributed by atoms with Crippen LogP contribution in [0, 0.1) is 0 Å². The normalized spacial score (nSPS) is 15.2. The van der Waals surface area contributed by atoms with E-state index < -0.39 is 11.7 Å². The van der Waals surface area contributed by atoms with E-state index in [2.05, 4.69) is 11.8 Å². The van der Waals surface area contributed by atoms with E-state index in [0.29, 0.717) is 18.2 Å². The maximum atomic E-state index is 12.8. The number of rotatable bonds is 7. The number of halogens is 3. The van der Waals surface area contributed by atoms with E-state index in [1.165, 1.54) is 12.1 Å². The molecule has 0 radical (unpaired) electrons. The van der Waals surface area contributed by atoms with Crippen LogP contribution in [-0.4, -0.2) is 36.5 Å². The van der Waals surface area contributed by atoms with Gasteiger partial charge >= 0.3 is 6.18 Å².